The number of methoxy groups -OCH3 is 1. The Bertz CT molecular complexity index is 1120. The van der Waals surface area contributed by atoms with E-state index in [1.54, 1.807) is 24.3 Å². The molecular weight excluding hydrogens is 415 g/mol. The maximum atomic E-state index is 13.7. The van der Waals surface area contributed by atoms with Crippen LogP contribution in [0.4, 0.5) is 10.2 Å². The summed E-state index contributed by atoms with van der Waals surface area (Å²) in [4.78, 5) is 20.6. The second-order valence-electron chi connectivity index (χ2n) is 8.35. The number of hydrogen-bond donors (Lipinski definition) is 0. The highest BCUT2D eigenvalue weighted by atomic mass is 19.1. The van der Waals surface area contributed by atoms with Crippen LogP contribution in [0.15, 0.2) is 40.9 Å². The highest BCUT2D eigenvalue weighted by Crippen LogP contribution is 2.31. The highest BCUT2D eigenvalue weighted by molar-refractivity contribution is 5.88. The number of halogens is 1. The van der Waals surface area contributed by atoms with E-state index in [-0.39, 0.29) is 11.5 Å². The van der Waals surface area contributed by atoms with Crippen LogP contribution in [0, 0.1) is 11.7 Å². The molecule has 0 radical (unpaired) electrons. The molecule has 4 heterocycles. The lowest BCUT2D eigenvalue weighted by Crippen LogP contribution is -2.57. The molecule has 1 aromatic carbocycles. The van der Waals surface area contributed by atoms with Crippen molar-refractivity contribution in [3.8, 4) is 5.88 Å². The number of carbonyl (C=O) groups is 1. The normalized spacial score (nSPS) is 21.4. The number of anilines is 1. The third-order valence-corrected chi connectivity index (χ3v) is 6.30. The second-order valence-corrected chi connectivity index (χ2v) is 8.35. The molecule has 2 aromatic heterocycles. The van der Waals surface area contributed by atoms with Crippen molar-refractivity contribution in [1.82, 2.24) is 15.0 Å². The summed E-state index contributed by atoms with van der Waals surface area (Å²) in [7, 11) is 1.33. The number of benzene rings is 1. The molecule has 0 saturated carbocycles. The van der Waals surface area contributed by atoms with E-state index in [0.717, 1.165) is 50.2 Å². The molecule has 2 saturated heterocycles. The lowest BCUT2D eigenvalue weighted by Gasteiger charge is -2.46. The number of fused-ring (bicyclic) bond motifs is 2. The van der Waals surface area contributed by atoms with E-state index < -0.39 is 5.97 Å². The summed E-state index contributed by atoms with van der Waals surface area (Å²) in [6.45, 7) is 4.06. The standard InChI is InChI=1S/C23H25FN4O4/c1-30-23(29)19-3-2-4-21(25-19)31-14-15-5-7-17-13-28(10-9-27(17)12-15)22-18-11-16(24)6-8-20(18)32-26-22/h2-4,6,8,11,15,17H,5,7,9-10,12-14H2,1H3. The fourth-order valence-corrected chi connectivity index (χ4v) is 4.63. The summed E-state index contributed by atoms with van der Waals surface area (Å²) in [5, 5.41) is 4.93. The van der Waals surface area contributed by atoms with Gasteiger partial charge < -0.3 is 18.9 Å². The molecule has 8 nitrogen and oxygen atoms in total. The van der Waals surface area contributed by atoms with Gasteiger partial charge >= 0.3 is 5.97 Å². The summed E-state index contributed by atoms with van der Waals surface area (Å²) in [6.07, 6.45) is 2.09. The predicted octanol–water partition coefficient (Wildman–Crippen LogP) is 3.13. The summed E-state index contributed by atoms with van der Waals surface area (Å²) >= 11 is 0. The first-order valence-corrected chi connectivity index (χ1v) is 10.8. The molecule has 0 N–H and O–H groups in total. The minimum Gasteiger partial charge on any atom is -0.477 e. The van der Waals surface area contributed by atoms with Gasteiger partial charge in [0.15, 0.2) is 17.1 Å². The lowest BCUT2D eigenvalue weighted by molar-refractivity contribution is 0.0589. The number of carbonyl (C=O) groups excluding carboxylic acids is 1. The van der Waals surface area contributed by atoms with Gasteiger partial charge in [-0.2, -0.15) is 0 Å². The summed E-state index contributed by atoms with van der Waals surface area (Å²) in [5.41, 5.74) is 0.847. The zero-order valence-corrected chi connectivity index (χ0v) is 17.9. The number of piperidine rings is 1. The van der Waals surface area contributed by atoms with Gasteiger partial charge in [-0.3, -0.25) is 4.90 Å². The molecule has 2 aliphatic heterocycles. The Balaban J connectivity index is 1.18. The van der Waals surface area contributed by atoms with E-state index >= 15 is 0 Å². The van der Waals surface area contributed by atoms with Crippen LogP contribution in [-0.2, 0) is 4.74 Å². The van der Waals surface area contributed by atoms with Gasteiger partial charge in [0.25, 0.3) is 0 Å². The SMILES string of the molecule is COC(=O)c1cccc(OCC2CCC3CN(c4noc5ccc(F)cc45)CCN3C2)n1. The Kier molecular flexibility index (Phi) is 5.65. The summed E-state index contributed by atoms with van der Waals surface area (Å²) in [6, 6.07) is 10.0. The third kappa shape index (κ3) is 4.12. The average molecular weight is 440 g/mol. The van der Waals surface area contributed by atoms with Gasteiger partial charge in [0.1, 0.15) is 5.82 Å². The van der Waals surface area contributed by atoms with E-state index in [0.29, 0.717) is 30.0 Å². The number of ether oxygens (including phenoxy) is 2. The van der Waals surface area contributed by atoms with Gasteiger partial charge in [0.05, 0.1) is 19.1 Å². The Morgan fingerprint density at radius 3 is 3.00 bits per heavy atom. The van der Waals surface area contributed by atoms with Crippen molar-refractivity contribution in [1.29, 1.82) is 0 Å². The molecule has 0 amide bonds. The van der Waals surface area contributed by atoms with Gasteiger partial charge in [-0.05, 0) is 37.1 Å². The van der Waals surface area contributed by atoms with E-state index in [1.807, 2.05) is 0 Å². The van der Waals surface area contributed by atoms with Gasteiger partial charge in [0, 0.05) is 44.2 Å². The van der Waals surface area contributed by atoms with E-state index in [9.17, 15) is 9.18 Å². The quantitative estimate of drug-likeness (QED) is 0.560. The van der Waals surface area contributed by atoms with Gasteiger partial charge in [-0.1, -0.05) is 11.2 Å². The molecule has 0 bridgehead atoms. The van der Waals surface area contributed by atoms with Crippen molar-refractivity contribution in [2.45, 2.75) is 18.9 Å². The van der Waals surface area contributed by atoms with Crippen molar-refractivity contribution < 1.29 is 23.2 Å². The largest absolute Gasteiger partial charge is 0.477 e. The number of esters is 1. The first kappa shape index (κ1) is 20.7. The van der Waals surface area contributed by atoms with Crippen LogP contribution in [0.3, 0.4) is 0 Å². The molecule has 2 aliphatic rings. The van der Waals surface area contributed by atoms with Gasteiger partial charge in [-0.15, -0.1) is 0 Å². The molecule has 0 aliphatic carbocycles. The fraction of sp³-hybridized carbons (Fsp3) is 0.435. The van der Waals surface area contributed by atoms with E-state index in [4.69, 9.17) is 14.0 Å². The zero-order chi connectivity index (χ0) is 22.1. The Morgan fingerprint density at radius 2 is 2.12 bits per heavy atom. The van der Waals surface area contributed by atoms with Crippen LogP contribution in [0.5, 0.6) is 5.88 Å². The minimum atomic E-state index is -0.476. The van der Waals surface area contributed by atoms with Crippen molar-refractivity contribution in [2.75, 3.05) is 44.8 Å². The maximum Gasteiger partial charge on any atom is 0.356 e. The van der Waals surface area contributed by atoms with Crippen molar-refractivity contribution in [3.63, 3.8) is 0 Å². The second kappa shape index (κ2) is 8.74. The van der Waals surface area contributed by atoms with Crippen molar-refractivity contribution in [3.05, 3.63) is 47.9 Å². The molecule has 5 rings (SSSR count). The lowest BCUT2D eigenvalue weighted by atomic mass is 9.91. The molecule has 168 valence electrons. The topological polar surface area (TPSA) is 80.9 Å². The Morgan fingerprint density at radius 1 is 1.22 bits per heavy atom. The molecule has 2 fully saturated rings. The van der Waals surface area contributed by atoms with Crippen LogP contribution in [0.2, 0.25) is 0 Å². The van der Waals surface area contributed by atoms with E-state index in [2.05, 4.69) is 19.9 Å². The summed E-state index contributed by atoms with van der Waals surface area (Å²) < 4.78 is 29.7. The smallest absolute Gasteiger partial charge is 0.356 e. The minimum absolute atomic E-state index is 0.241. The number of hydrogen-bond acceptors (Lipinski definition) is 8. The average Bonchev–Trinajstić information content (AvgIpc) is 3.25. The van der Waals surface area contributed by atoms with Crippen molar-refractivity contribution in [2.24, 2.45) is 5.92 Å². The van der Waals surface area contributed by atoms with Crippen molar-refractivity contribution >= 4 is 22.8 Å². The van der Waals surface area contributed by atoms with Gasteiger partial charge in [-0.25, -0.2) is 14.2 Å². The first-order chi connectivity index (χ1) is 15.6. The van der Waals surface area contributed by atoms with Gasteiger partial charge in [0.2, 0.25) is 5.88 Å². The Hall–Kier alpha value is -3.20. The fourth-order valence-electron chi connectivity index (χ4n) is 4.63. The third-order valence-electron chi connectivity index (χ3n) is 6.30. The molecule has 2 unspecified atom stereocenters. The molecule has 0 spiro atoms. The van der Waals surface area contributed by atoms with Crippen LogP contribution >= 0.6 is 0 Å². The first-order valence-electron chi connectivity index (χ1n) is 10.8. The van der Waals surface area contributed by atoms with E-state index in [1.165, 1.54) is 19.2 Å². The molecule has 9 heteroatoms. The number of pyridine rings is 1. The van der Waals surface area contributed by atoms with Crippen LogP contribution in [0.25, 0.3) is 11.0 Å². The van der Waals surface area contributed by atoms with Crippen LogP contribution in [0.1, 0.15) is 23.3 Å². The zero-order valence-electron chi connectivity index (χ0n) is 17.9. The number of aromatic nitrogens is 2. The molecular formula is C23H25FN4O4. The summed E-state index contributed by atoms with van der Waals surface area (Å²) in [5.74, 6) is 0.790. The highest BCUT2D eigenvalue weighted by Gasteiger charge is 2.34. The van der Waals surface area contributed by atoms with Crippen LogP contribution in [-0.4, -0.2) is 66.9 Å². The number of rotatable bonds is 5. The van der Waals surface area contributed by atoms with Crippen LogP contribution < -0.4 is 9.64 Å². The monoisotopic (exact) mass is 440 g/mol. The molecule has 3 aromatic rings. The predicted molar refractivity (Wildman–Crippen MR) is 115 cm³/mol. The Labute approximate surface area is 184 Å². The maximum absolute atomic E-state index is 13.7. The number of nitrogens with zero attached hydrogens (tertiary/aromatic N) is 4. The number of piperazine rings is 1. The molecule has 32 heavy (non-hydrogen) atoms. The molecule has 2 atom stereocenters.